The summed E-state index contributed by atoms with van der Waals surface area (Å²) >= 11 is 0. The lowest BCUT2D eigenvalue weighted by molar-refractivity contribution is -0.129. The van der Waals surface area contributed by atoms with Gasteiger partial charge in [-0.1, -0.05) is 25.7 Å². The maximum atomic E-state index is 12.5. The van der Waals surface area contributed by atoms with Gasteiger partial charge in [0.15, 0.2) is 0 Å². The van der Waals surface area contributed by atoms with Crippen molar-refractivity contribution in [2.24, 2.45) is 5.92 Å². The summed E-state index contributed by atoms with van der Waals surface area (Å²) in [5.41, 5.74) is 2.58. The number of carbonyl (C=O) groups excluding carboxylic acids is 2. The van der Waals surface area contributed by atoms with Gasteiger partial charge in [0.2, 0.25) is 11.8 Å². The molecule has 0 saturated heterocycles. The van der Waals surface area contributed by atoms with E-state index in [-0.39, 0.29) is 17.7 Å². The highest BCUT2D eigenvalue weighted by atomic mass is 16.2. The SMILES string of the molecule is CC(NC(=O)C1CCCCC1)C(=O)Nc1ccc2nc(C3CCC3)[nH]c2c1. The van der Waals surface area contributed by atoms with Crippen LogP contribution in [-0.4, -0.2) is 27.8 Å². The van der Waals surface area contributed by atoms with Crippen LogP contribution in [0.2, 0.25) is 0 Å². The van der Waals surface area contributed by atoms with Crippen molar-refractivity contribution in [1.29, 1.82) is 0 Å². The average molecular weight is 368 g/mol. The van der Waals surface area contributed by atoms with Crippen LogP contribution < -0.4 is 10.6 Å². The summed E-state index contributed by atoms with van der Waals surface area (Å²) in [6.45, 7) is 1.74. The Morgan fingerprint density at radius 1 is 1.11 bits per heavy atom. The molecule has 1 aromatic carbocycles. The van der Waals surface area contributed by atoms with Crippen molar-refractivity contribution in [3.05, 3.63) is 24.0 Å². The zero-order valence-corrected chi connectivity index (χ0v) is 15.9. The molecular weight excluding hydrogens is 340 g/mol. The molecule has 6 heteroatoms. The molecule has 6 nitrogen and oxygen atoms in total. The molecule has 0 radical (unpaired) electrons. The van der Waals surface area contributed by atoms with E-state index >= 15 is 0 Å². The fourth-order valence-electron chi connectivity index (χ4n) is 3.99. The Morgan fingerprint density at radius 3 is 2.59 bits per heavy atom. The molecule has 2 aliphatic carbocycles. The van der Waals surface area contributed by atoms with E-state index < -0.39 is 6.04 Å². The molecule has 2 aromatic rings. The summed E-state index contributed by atoms with van der Waals surface area (Å²) in [4.78, 5) is 32.9. The molecule has 1 aromatic heterocycles. The molecular formula is C21H28N4O2. The van der Waals surface area contributed by atoms with Crippen molar-refractivity contribution in [3.63, 3.8) is 0 Å². The van der Waals surface area contributed by atoms with Gasteiger partial charge in [-0.25, -0.2) is 4.98 Å². The number of amides is 2. The zero-order valence-electron chi connectivity index (χ0n) is 15.9. The molecule has 27 heavy (non-hydrogen) atoms. The van der Waals surface area contributed by atoms with E-state index in [1.165, 1.54) is 25.7 Å². The number of anilines is 1. The Morgan fingerprint density at radius 2 is 1.89 bits per heavy atom. The first kappa shape index (κ1) is 18.0. The highest BCUT2D eigenvalue weighted by Gasteiger charge is 2.25. The van der Waals surface area contributed by atoms with Gasteiger partial charge >= 0.3 is 0 Å². The monoisotopic (exact) mass is 368 g/mol. The first-order chi connectivity index (χ1) is 13.1. The second-order valence-corrected chi connectivity index (χ2v) is 8.04. The minimum Gasteiger partial charge on any atom is -0.344 e. The van der Waals surface area contributed by atoms with E-state index in [1.54, 1.807) is 6.92 Å². The van der Waals surface area contributed by atoms with Gasteiger partial charge < -0.3 is 15.6 Å². The summed E-state index contributed by atoms with van der Waals surface area (Å²) in [7, 11) is 0. The van der Waals surface area contributed by atoms with E-state index in [9.17, 15) is 9.59 Å². The Labute approximate surface area is 159 Å². The number of hydrogen-bond acceptors (Lipinski definition) is 3. The van der Waals surface area contributed by atoms with E-state index in [0.29, 0.717) is 5.92 Å². The zero-order chi connectivity index (χ0) is 18.8. The van der Waals surface area contributed by atoms with Crippen LogP contribution in [0, 0.1) is 5.92 Å². The van der Waals surface area contributed by atoms with E-state index in [1.807, 2.05) is 18.2 Å². The molecule has 0 spiro atoms. The van der Waals surface area contributed by atoms with Gasteiger partial charge in [-0.15, -0.1) is 0 Å². The summed E-state index contributed by atoms with van der Waals surface area (Å²) in [5, 5.41) is 5.78. The summed E-state index contributed by atoms with van der Waals surface area (Å²) in [6, 6.07) is 5.15. The number of aromatic amines is 1. The number of fused-ring (bicyclic) bond motifs is 1. The number of H-pyrrole nitrogens is 1. The molecule has 2 aliphatic rings. The fraction of sp³-hybridized carbons (Fsp3) is 0.571. The maximum Gasteiger partial charge on any atom is 0.246 e. The van der Waals surface area contributed by atoms with Crippen molar-refractivity contribution in [3.8, 4) is 0 Å². The number of carbonyl (C=O) groups is 2. The lowest BCUT2D eigenvalue weighted by Gasteiger charge is -2.23. The van der Waals surface area contributed by atoms with Crippen LogP contribution in [0.4, 0.5) is 5.69 Å². The molecule has 3 N–H and O–H groups in total. The Bertz CT molecular complexity index is 834. The summed E-state index contributed by atoms with van der Waals surface area (Å²) < 4.78 is 0. The van der Waals surface area contributed by atoms with E-state index in [2.05, 4.69) is 20.6 Å². The first-order valence-electron chi connectivity index (χ1n) is 10.2. The van der Waals surface area contributed by atoms with Crippen molar-refractivity contribution in [2.75, 3.05) is 5.32 Å². The maximum absolute atomic E-state index is 12.5. The second kappa shape index (κ2) is 7.71. The topological polar surface area (TPSA) is 86.9 Å². The molecule has 2 saturated carbocycles. The lowest BCUT2D eigenvalue weighted by Crippen LogP contribution is -2.44. The van der Waals surface area contributed by atoms with Crippen molar-refractivity contribution in [1.82, 2.24) is 15.3 Å². The predicted molar refractivity (Wildman–Crippen MR) is 105 cm³/mol. The Kier molecular flexibility index (Phi) is 5.14. The number of aromatic nitrogens is 2. The van der Waals surface area contributed by atoms with Gasteiger partial charge in [0.05, 0.1) is 11.0 Å². The Hall–Kier alpha value is -2.37. The van der Waals surface area contributed by atoms with Crippen LogP contribution in [-0.2, 0) is 9.59 Å². The third kappa shape index (κ3) is 3.99. The number of hydrogen-bond donors (Lipinski definition) is 3. The predicted octanol–water partition coefficient (Wildman–Crippen LogP) is 3.85. The first-order valence-corrected chi connectivity index (χ1v) is 10.2. The minimum absolute atomic E-state index is 0.00603. The molecule has 1 atom stereocenters. The number of benzene rings is 1. The molecule has 0 aliphatic heterocycles. The van der Waals surface area contributed by atoms with Crippen LogP contribution >= 0.6 is 0 Å². The molecule has 2 amide bonds. The van der Waals surface area contributed by atoms with Gasteiger partial charge in [0.1, 0.15) is 11.9 Å². The van der Waals surface area contributed by atoms with Gasteiger partial charge in [0, 0.05) is 17.5 Å². The van der Waals surface area contributed by atoms with Crippen LogP contribution in [0.3, 0.4) is 0 Å². The quantitative estimate of drug-likeness (QED) is 0.749. The molecule has 4 rings (SSSR count). The van der Waals surface area contributed by atoms with Gasteiger partial charge in [-0.05, 0) is 50.8 Å². The van der Waals surface area contributed by atoms with Crippen molar-refractivity contribution >= 4 is 28.5 Å². The summed E-state index contributed by atoms with van der Waals surface area (Å²) in [5.74, 6) is 1.46. The number of imidazole rings is 1. The molecule has 2 fully saturated rings. The minimum atomic E-state index is -0.553. The largest absolute Gasteiger partial charge is 0.344 e. The van der Waals surface area contributed by atoms with Crippen LogP contribution in [0.25, 0.3) is 11.0 Å². The highest BCUT2D eigenvalue weighted by molar-refractivity contribution is 5.98. The molecule has 1 heterocycles. The fourth-order valence-corrected chi connectivity index (χ4v) is 3.99. The molecule has 0 bridgehead atoms. The van der Waals surface area contributed by atoms with Gasteiger partial charge in [-0.3, -0.25) is 9.59 Å². The van der Waals surface area contributed by atoms with E-state index in [4.69, 9.17) is 0 Å². The van der Waals surface area contributed by atoms with Gasteiger partial charge in [0.25, 0.3) is 0 Å². The Balaban J connectivity index is 1.37. The lowest BCUT2D eigenvalue weighted by atomic mass is 9.85. The third-order valence-corrected chi connectivity index (χ3v) is 5.99. The molecule has 144 valence electrons. The third-order valence-electron chi connectivity index (χ3n) is 5.99. The number of rotatable bonds is 5. The molecule has 1 unspecified atom stereocenters. The standard InChI is InChI=1S/C21H28N4O2/c1-13(22-21(27)15-6-3-2-4-7-15)20(26)23-16-10-11-17-18(12-16)25-19(24-17)14-8-5-9-14/h10-15H,2-9H2,1H3,(H,22,27)(H,23,26)(H,24,25). The van der Waals surface area contributed by atoms with Crippen molar-refractivity contribution < 1.29 is 9.59 Å². The average Bonchev–Trinajstić information content (AvgIpc) is 3.03. The van der Waals surface area contributed by atoms with Crippen LogP contribution in [0.1, 0.15) is 70.0 Å². The van der Waals surface area contributed by atoms with Crippen molar-refractivity contribution in [2.45, 2.75) is 70.3 Å². The van der Waals surface area contributed by atoms with Crippen LogP contribution in [0.5, 0.6) is 0 Å². The van der Waals surface area contributed by atoms with Crippen LogP contribution in [0.15, 0.2) is 18.2 Å². The van der Waals surface area contributed by atoms with Gasteiger partial charge in [-0.2, -0.15) is 0 Å². The number of nitrogens with one attached hydrogen (secondary N) is 3. The highest BCUT2D eigenvalue weighted by Crippen LogP contribution is 2.35. The normalized spacial score (nSPS) is 19.4. The van der Waals surface area contributed by atoms with E-state index in [0.717, 1.165) is 48.2 Å². The second-order valence-electron chi connectivity index (χ2n) is 8.04. The summed E-state index contributed by atoms with van der Waals surface area (Å²) in [6.07, 6.45) is 8.94. The number of nitrogens with zero attached hydrogens (tertiary/aromatic N) is 1. The smallest absolute Gasteiger partial charge is 0.246 e.